The van der Waals surface area contributed by atoms with Gasteiger partial charge in [-0.1, -0.05) is 0 Å². The van der Waals surface area contributed by atoms with Gasteiger partial charge in [-0.15, -0.1) is 0 Å². The van der Waals surface area contributed by atoms with E-state index in [1.165, 1.54) is 0 Å². The van der Waals surface area contributed by atoms with Gasteiger partial charge in [0.2, 0.25) is 0 Å². The van der Waals surface area contributed by atoms with Crippen LogP contribution in [0.1, 0.15) is 37.8 Å². The minimum absolute atomic E-state index is 0.520. The summed E-state index contributed by atoms with van der Waals surface area (Å²) in [7, 11) is 0. The fraction of sp³-hybridized carbons (Fsp3) is 0.600. The minimum atomic E-state index is -1.38. The van der Waals surface area contributed by atoms with Crippen LogP contribution in [-0.4, -0.2) is 19.8 Å². The number of ether oxygens (including phenoxy) is 2. The average Bonchev–Trinajstić information content (AvgIpc) is 2.37. The molecule has 0 fully saturated rings. The minimum Gasteiger partial charge on any atom is -0.486 e. The summed E-state index contributed by atoms with van der Waals surface area (Å²) in [5.41, 5.74) is 5.81. The van der Waals surface area contributed by atoms with E-state index in [2.05, 4.69) is 0 Å². The van der Waals surface area contributed by atoms with E-state index in [-0.39, 0.29) is 0 Å². The van der Waals surface area contributed by atoms with Gasteiger partial charge in [0.25, 0.3) is 0 Å². The molecule has 2 N–H and O–H groups in total. The molecule has 0 radical (unpaired) electrons. The first kappa shape index (κ1) is 14.1. The van der Waals surface area contributed by atoms with E-state index in [0.717, 1.165) is 30.6 Å². The molecule has 19 heavy (non-hydrogen) atoms. The predicted octanol–water partition coefficient (Wildman–Crippen LogP) is 2.94. The molecule has 0 unspecified atom stereocenters. The lowest BCUT2D eigenvalue weighted by Gasteiger charge is -2.25. The van der Waals surface area contributed by atoms with Crippen LogP contribution in [0.25, 0.3) is 0 Å². The lowest BCUT2D eigenvalue weighted by molar-refractivity contribution is 0.168. The Morgan fingerprint density at radius 2 is 1.79 bits per heavy atom. The fourth-order valence-electron chi connectivity index (χ4n) is 2.35. The van der Waals surface area contributed by atoms with Gasteiger partial charge in [0, 0.05) is 0 Å². The number of nitrogens with two attached hydrogens (primary N) is 1. The summed E-state index contributed by atoms with van der Waals surface area (Å²) >= 11 is 0. The van der Waals surface area contributed by atoms with Crippen molar-refractivity contribution in [3.05, 3.63) is 23.3 Å². The first-order chi connectivity index (χ1) is 9.02. The summed E-state index contributed by atoms with van der Waals surface area (Å²) in [5.74, 6) is 1.37. The Kier molecular flexibility index (Phi) is 4.30. The lowest BCUT2D eigenvalue weighted by Crippen LogP contribution is -2.19. The lowest BCUT2D eigenvalue weighted by atomic mass is 9.91. The zero-order valence-corrected chi connectivity index (χ0v) is 11.7. The van der Waals surface area contributed by atoms with E-state index in [1.54, 1.807) is 19.9 Å². The molecule has 0 saturated carbocycles. The van der Waals surface area contributed by atoms with Crippen molar-refractivity contribution >= 4 is 0 Å². The quantitative estimate of drug-likeness (QED) is 0.834. The Morgan fingerprint density at radius 3 is 2.37 bits per heavy atom. The van der Waals surface area contributed by atoms with E-state index >= 15 is 0 Å². The van der Waals surface area contributed by atoms with E-state index in [0.29, 0.717) is 31.1 Å². The van der Waals surface area contributed by atoms with E-state index in [9.17, 15) is 4.39 Å². The molecule has 0 aromatic heterocycles. The maximum atomic E-state index is 14.3. The molecule has 1 aliphatic rings. The van der Waals surface area contributed by atoms with Crippen molar-refractivity contribution in [1.29, 1.82) is 0 Å². The monoisotopic (exact) mass is 267 g/mol. The normalized spacial score (nSPS) is 14.5. The molecule has 106 valence electrons. The summed E-state index contributed by atoms with van der Waals surface area (Å²) < 4.78 is 25.4. The summed E-state index contributed by atoms with van der Waals surface area (Å²) in [6.07, 6.45) is 2.72. The zero-order chi connectivity index (χ0) is 13.9. The van der Waals surface area contributed by atoms with Gasteiger partial charge in [0.15, 0.2) is 11.5 Å². The number of hydrogen-bond donors (Lipinski definition) is 1. The Bertz CT molecular complexity index is 441. The number of halogens is 1. The van der Waals surface area contributed by atoms with Gasteiger partial charge in [0.05, 0.1) is 0 Å². The molecular formula is C15H22FNO2. The van der Waals surface area contributed by atoms with E-state index in [1.807, 2.05) is 6.07 Å². The number of alkyl halides is 1. The molecule has 0 atom stereocenters. The Labute approximate surface area is 113 Å². The summed E-state index contributed by atoms with van der Waals surface area (Å²) in [4.78, 5) is 0. The first-order valence-electron chi connectivity index (χ1n) is 6.84. The highest BCUT2D eigenvalue weighted by Gasteiger charge is 2.26. The Hall–Kier alpha value is -1.29. The Balaban J connectivity index is 2.32. The first-order valence-corrected chi connectivity index (χ1v) is 6.84. The molecule has 1 aromatic rings. The van der Waals surface area contributed by atoms with Crippen LogP contribution in [0.15, 0.2) is 12.1 Å². The summed E-state index contributed by atoms with van der Waals surface area (Å²) in [5, 5.41) is 0. The molecule has 3 nitrogen and oxygen atoms in total. The van der Waals surface area contributed by atoms with Crippen LogP contribution in [-0.2, 0) is 12.1 Å². The van der Waals surface area contributed by atoms with Crippen molar-refractivity contribution in [2.45, 2.75) is 38.8 Å². The zero-order valence-electron chi connectivity index (χ0n) is 11.7. The molecule has 0 saturated heterocycles. The number of rotatable bonds is 5. The highest BCUT2D eigenvalue weighted by molar-refractivity contribution is 5.49. The highest BCUT2D eigenvalue weighted by atomic mass is 19.1. The summed E-state index contributed by atoms with van der Waals surface area (Å²) in [6.45, 7) is 4.88. The highest BCUT2D eigenvalue weighted by Crippen LogP contribution is 2.39. The molecule has 1 heterocycles. The van der Waals surface area contributed by atoms with Crippen molar-refractivity contribution in [3.8, 4) is 11.5 Å². The second kappa shape index (κ2) is 5.78. The largest absolute Gasteiger partial charge is 0.486 e. The fourth-order valence-corrected chi connectivity index (χ4v) is 2.35. The van der Waals surface area contributed by atoms with E-state index < -0.39 is 5.67 Å². The number of hydrogen-bond acceptors (Lipinski definition) is 3. The van der Waals surface area contributed by atoms with Crippen molar-refractivity contribution in [2.24, 2.45) is 5.73 Å². The van der Waals surface area contributed by atoms with Gasteiger partial charge in [0.1, 0.15) is 18.9 Å². The number of unbranched alkanes of at least 4 members (excludes halogenated alkanes) is 1. The molecule has 1 aromatic carbocycles. The third-order valence-corrected chi connectivity index (χ3v) is 3.31. The third kappa shape index (κ3) is 3.38. The molecule has 0 aliphatic carbocycles. The smallest absolute Gasteiger partial charge is 0.161 e. The molecule has 4 heteroatoms. The van der Waals surface area contributed by atoms with Gasteiger partial charge in [-0.25, -0.2) is 4.39 Å². The molecule has 0 spiro atoms. The maximum Gasteiger partial charge on any atom is 0.161 e. The van der Waals surface area contributed by atoms with Crippen molar-refractivity contribution in [1.82, 2.24) is 0 Å². The Morgan fingerprint density at radius 1 is 1.16 bits per heavy atom. The SMILES string of the molecule is CC(C)(F)c1cc2c(cc1CCCCN)OCCO2. The molecule has 0 amide bonds. The van der Waals surface area contributed by atoms with Crippen LogP contribution in [0.4, 0.5) is 4.39 Å². The molecule has 2 rings (SSSR count). The average molecular weight is 267 g/mol. The van der Waals surface area contributed by atoms with Crippen molar-refractivity contribution < 1.29 is 13.9 Å². The van der Waals surface area contributed by atoms with Crippen LogP contribution >= 0.6 is 0 Å². The van der Waals surface area contributed by atoms with Crippen molar-refractivity contribution in [3.63, 3.8) is 0 Å². The van der Waals surface area contributed by atoms with Gasteiger partial charge >= 0.3 is 0 Å². The van der Waals surface area contributed by atoms with E-state index in [4.69, 9.17) is 15.2 Å². The molecule has 1 aliphatic heterocycles. The molecule has 0 bridgehead atoms. The van der Waals surface area contributed by atoms with Crippen LogP contribution in [0.5, 0.6) is 11.5 Å². The van der Waals surface area contributed by atoms with Crippen LogP contribution in [0.2, 0.25) is 0 Å². The standard InChI is InChI=1S/C15H22FNO2/c1-15(2,16)12-10-14-13(18-7-8-19-14)9-11(12)5-3-4-6-17/h9-10H,3-8,17H2,1-2H3. The second-order valence-corrected chi connectivity index (χ2v) is 5.37. The number of benzene rings is 1. The number of fused-ring (bicyclic) bond motifs is 1. The van der Waals surface area contributed by atoms with Gasteiger partial charge < -0.3 is 15.2 Å². The van der Waals surface area contributed by atoms with Crippen LogP contribution in [0.3, 0.4) is 0 Å². The second-order valence-electron chi connectivity index (χ2n) is 5.37. The van der Waals surface area contributed by atoms with Crippen molar-refractivity contribution in [2.75, 3.05) is 19.8 Å². The topological polar surface area (TPSA) is 44.5 Å². The van der Waals surface area contributed by atoms with Gasteiger partial charge in [-0.05, 0) is 62.9 Å². The number of aryl methyl sites for hydroxylation is 1. The van der Waals surface area contributed by atoms with Crippen LogP contribution in [0, 0.1) is 0 Å². The van der Waals surface area contributed by atoms with Gasteiger partial charge in [-0.2, -0.15) is 0 Å². The summed E-state index contributed by atoms with van der Waals surface area (Å²) in [6, 6.07) is 3.70. The van der Waals surface area contributed by atoms with Gasteiger partial charge in [-0.3, -0.25) is 0 Å². The third-order valence-electron chi connectivity index (χ3n) is 3.31. The molecular weight excluding hydrogens is 245 g/mol. The predicted molar refractivity (Wildman–Crippen MR) is 73.6 cm³/mol. The van der Waals surface area contributed by atoms with Crippen LogP contribution < -0.4 is 15.2 Å². The maximum absolute atomic E-state index is 14.3.